The minimum atomic E-state index is -0.143. The highest BCUT2D eigenvalue weighted by molar-refractivity contribution is 6.37. The number of anilines is 1. The molecule has 27 heavy (non-hydrogen) atoms. The van der Waals surface area contributed by atoms with Crippen molar-refractivity contribution in [1.29, 1.82) is 0 Å². The number of hydrogen-bond donors (Lipinski definition) is 2. The summed E-state index contributed by atoms with van der Waals surface area (Å²) in [4.78, 5) is 0. The van der Waals surface area contributed by atoms with Crippen LogP contribution in [-0.4, -0.2) is 5.11 Å². The van der Waals surface area contributed by atoms with E-state index in [1.807, 2.05) is 36.4 Å². The molecule has 0 aliphatic heterocycles. The molecule has 0 radical (unpaired) electrons. The minimum absolute atomic E-state index is 0.143. The van der Waals surface area contributed by atoms with Crippen LogP contribution in [0.15, 0.2) is 54.6 Å². The zero-order valence-electron chi connectivity index (χ0n) is 14.0. The predicted molar refractivity (Wildman–Crippen MR) is 113 cm³/mol. The van der Waals surface area contributed by atoms with E-state index >= 15 is 0 Å². The van der Waals surface area contributed by atoms with Gasteiger partial charge in [-0.25, -0.2) is 0 Å². The topological polar surface area (TPSA) is 41.5 Å². The highest BCUT2D eigenvalue weighted by Crippen LogP contribution is 2.35. The predicted octanol–water partition coefficient (Wildman–Crippen LogP) is 7.20. The summed E-state index contributed by atoms with van der Waals surface area (Å²) in [5.41, 5.74) is 2.42. The van der Waals surface area contributed by atoms with Crippen molar-refractivity contribution in [3.8, 4) is 11.5 Å². The summed E-state index contributed by atoms with van der Waals surface area (Å²) in [6, 6.07) is 16.1. The number of phenols is 1. The maximum Gasteiger partial charge on any atom is 0.152 e. The first-order valence-corrected chi connectivity index (χ1v) is 9.51. The van der Waals surface area contributed by atoms with Gasteiger partial charge in [0.25, 0.3) is 0 Å². The molecule has 3 aromatic rings. The third-order valence-electron chi connectivity index (χ3n) is 3.86. The van der Waals surface area contributed by atoms with Crippen LogP contribution in [0.4, 0.5) is 5.69 Å². The number of rotatable bonds is 6. The number of hydrogen-bond acceptors (Lipinski definition) is 3. The Labute approximate surface area is 177 Å². The van der Waals surface area contributed by atoms with Gasteiger partial charge in [-0.2, -0.15) is 0 Å². The van der Waals surface area contributed by atoms with Gasteiger partial charge >= 0.3 is 0 Å². The van der Waals surface area contributed by atoms with Gasteiger partial charge in [-0.15, -0.1) is 0 Å². The van der Waals surface area contributed by atoms with Crippen molar-refractivity contribution in [3.05, 3.63) is 85.8 Å². The number of benzene rings is 3. The summed E-state index contributed by atoms with van der Waals surface area (Å²) in [5.74, 6) is 0.540. The molecule has 0 amide bonds. The molecule has 3 rings (SSSR count). The van der Waals surface area contributed by atoms with E-state index in [0.29, 0.717) is 34.6 Å². The highest BCUT2D eigenvalue weighted by atomic mass is 35.5. The fraction of sp³-hybridized carbons (Fsp3) is 0.100. The zero-order chi connectivity index (χ0) is 19.4. The van der Waals surface area contributed by atoms with Crippen LogP contribution in [0, 0.1) is 0 Å². The van der Waals surface area contributed by atoms with Crippen molar-refractivity contribution in [2.45, 2.75) is 13.2 Å². The van der Waals surface area contributed by atoms with Crippen molar-refractivity contribution in [3.63, 3.8) is 0 Å². The SMILES string of the molecule is Oc1c(Cl)cc(NCc2cc(Cl)ccc2OCc2ccccc2Cl)cc1Cl. The van der Waals surface area contributed by atoms with Crippen LogP contribution in [-0.2, 0) is 13.2 Å². The largest absolute Gasteiger partial charge is 0.505 e. The van der Waals surface area contributed by atoms with Gasteiger partial charge in [-0.05, 0) is 36.4 Å². The molecule has 0 fully saturated rings. The first kappa shape index (κ1) is 20.0. The number of aromatic hydroxyl groups is 1. The first-order valence-electron chi connectivity index (χ1n) is 8.00. The zero-order valence-corrected chi connectivity index (χ0v) is 17.0. The van der Waals surface area contributed by atoms with E-state index in [0.717, 1.165) is 11.1 Å². The molecule has 7 heteroatoms. The maximum atomic E-state index is 9.66. The second kappa shape index (κ2) is 8.94. The highest BCUT2D eigenvalue weighted by Gasteiger charge is 2.10. The van der Waals surface area contributed by atoms with Crippen LogP contribution in [0.25, 0.3) is 0 Å². The van der Waals surface area contributed by atoms with Gasteiger partial charge < -0.3 is 15.2 Å². The van der Waals surface area contributed by atoms with Crippen LogP contribution >= 0.6 is 46.4 Å². The Bertz CT molecular complexity index is 939. The molecule has 3 nitrogen and oxygen atoms in total. The Morgan fingerprint density at radius 1 is 0.815 bits per heavy atom. The molecule has 0 saturated heterocycles. The van der Waals surface area contributed by atoms with Gasteiger partial charge in [0.1, 0.15) is 12.4 Å². The molecule has 0 atom stereocenters. The Kier molecular flexibility index (Phi) is 6.61. The van der Waals surface area contributed by atoms with Gasteiger partial charge in [0.15, 0.2) is 5.75 Å². The van der Waals surface area contributed by atoms with Gasteiger partial charge in [0.2, 0.25) is 0 Å². The van der Waals surface area contributed by atoms with E-state index in [2.05, 4.69) is 5.32 Å². The standard InChI is InChI=1S/C20H15Cl4NO2/c21-14-5-6-19(27-11-12-3-1-2-4-16(12)22)13(7-14)10-25-15-8-17(23)20(26)18(24)9-15/h1-9,25-26H,10-11H2. The molecule has 0 saturated carbocycles. The van der Waals surface area contributed by atoms with E-state index in [1.165, 1.54) is 0 Å². The average Bonchev–Trinajstić information content (AvgIpc) is 2.64. The van der Waals surface area contributed by atoms with Gasteiger partial charge in [-0.1, -0.05) is 64.6 Å². The van der Waals surface area contributed by atoms with E-state index in [9.17, 15) is 5.11 Å². The minimum Gasteiger partial charge on any atom is -0.505 e. The second-order valence-electron chi connectivity index (χ2n) is 5.77. The van der Waals surface area contributed by atoms with Crippen molar-refractivity contribution < 1.29 is 9.84 Å². The number of nitrogens with one attached hydrogen (secondary N) is 1. The molecular weight excluding hydrogens is 428 g/mol. The van der Waals surface area contributed by atoms with Crippen LogP contribution in [0.3, 0.4) is 0 Å². The molecule has 140 valence electrons. The quantitative estimate of drug-likeness (QED) is 0.396. The lowest BCUT2D eigenvalue weighted by atomic mass is 10.2. The average molecular weight is 443 g/mol. The van der Waals surface area contributed by atoms with Crippen molar-refractivity contribution in [2.24, 2.45) is 0 Å². The fourth-order valence-corrected chi connectivity index (χ4v) is 3.33. The molecule has 0 aromatic heterocycles. The van der Waals surface area contributed by atoms with Crippen molar-refractivity contribution >= 4 is 52.1 Å². The van der Waals surface area contributed by atoms with Crippen LogP contribution < -0.4 is 10.1 Å². The number of halogens is 4. The third kappa shape index (κ3) is 5.14. The number of phenolic OH excluding ortho intramolecular Hbond substituents is 1. The smallest absolute Gasteiger partial charge is 0.152 e. The monoisotopic (exact) mass is 441 g/mol. The second-order valence-corrected chi connectivity index (χ2v) is 7.43. The van der Waals surface area contributed by atoms with Crippen molar-refractivity contribution in [1.82, 2.24) is 0 Å². The lowest BCUT2D eigenvalue weighted by molar-refractivity contribution is 0.303. The summed E-state index contributed by atoms with van der Waals surface area (Å²) in [7, 11) is 0. The summed E-state index contributed by atoms with van der Waals surface area (Å²) >= 11 is 24.2. The van der Waals surface area contributed by atoms with E-state index < -0.39 is 0 Å². The Hall–Kier alpha value is -1.78. The first-order chi connectivity index (χ1) is 12.9. The molecular formula is C20H15Cl4NO2. The van der Waals surface area contributed by atoms with E-state index in [1.54, 1.807) is 18.2 Å². The lowest BCUT2D eigenvalue weighted by Gasteiger charge is -2.14. The van der Waals surface area contributed by atoms with Gasteiger partial charge in [-0.3, -0.25) is 0 Å². The Balaban J connectivity index is 1.75. The van der Waals surface area contributed by atoms with Crippen LogP contribution in [0.1, 0.15) is 11.1 Å². The molecule has 3 aromatic carbocycles. The normalized spacial score (nSPS) is 10.7. The number of ether oxygens (including phenoxy) is 1. The van der Waals surface area contributed by atoms with E-state index in [4.69, 9.17) is 51.1 Å². The summed E-state index contributed by atoms with van der Waals surface area (Å²) in [6.07, 6.45) is 0. The maximum absolute atomic E-state index is 9.66. The van der Waals surface area contributed by atoms with Gasteiger partial charge in [0, 0.05) is 33.4 Å². The molecule has 0 unspecified atom stereocenters. The van der Waals surface area contributed by atoms with Crippen LogP contribution in [0.2, 0.25) is 20.1 Å². The molecule has 0 heterocycles. The molecule has 2 N–H and O–H groups in total. The summed E-state index contributed by atoms with van der Waals surface area (Å²) in [5, 5.41) is 14.5. The summed E-state index contributed by atoms with van der Waals surface area (Å²) < 4.78 is 5.94. The third-order valence-corrected chi connectivity index (χ3v) is 5.04. The molecule has 0 spiro atoms. The Morgan fingerprint density at radius 3 is 2.22 bits per heavy atom. The lowest BCUT2D eigenvalue weighted by Crippen LogP contribution is -2.04. The summed E-state index contributed by atoms with van der Waals surface area (Å²) in [6.45, 7) is 0.765. The molecule has 0 aliphatic rings. The molecule has 0 aliphatic carbocycles. The Morgan fingerprint density at radius 2 is 1.52 bits per heavy atom. The molecule has 0 bridgehead atoms. The van der Waals surface area contributed by atoms with Crippen molar-refractivity contribution in [2.75, 3.05) is 5.32 Å². The van der Waals surface area contributed by atoms with Crippen LogP contribution in [0.5, 0.6) is 11.5 Å². The van der Waals surface area contributed by atoms with E-state index in [-0.39, 0.29) is 15.8 Å². The van der Waals surface area contributed by atoms with Gasteiger partial charge in [0.05, 0.1) is 10.0 Å². The fourth-order valence-electron chi connectivity index (χ4n) is 2.46.